The smallest absolute Gasteiger partial charge is 0.321 e. The first-order valence-electron chi connectivity index (χ1n) is 4.35. The van der Waals surface area contributed by atoms with Gasteiger partial charge >= 0.3 is 6.03 Å². The lowest BCUT2D eigenvalue weighted by Gasteiger charge is -2.34. The van der Waals surface area contributed by atoms with Gasteiger partial charge in [0.1, 0.15) is 5.84 Å². The van der Waals surface area contributed by atoms with Crippen molar-refractivity contribution in [2.24, 2.45) is 5.92 Å². The summed E-state index contributed by atoms with van der Waals surface area (Å²) in [5.41, 5.74) is 0. The monoisotopic (exact) mass is 181 g/mol. The summed E-state index contributed by atoms with van der Waals surface area (Å²) in [4.78, 5) is 13.0. The Morgan fingerprint density at radius 1 is 1.77 bits per heavy atom. The van der Waals surface area contributed by atoms with E-state index < -0.39 is 0 Å². The maximum Gasteiger partial charge on any atom is 0.323 e. The van der Waals surface area contributed by atoms with Gasteiger partial charge in [0.25, 0.3) is 0 Å². The van der Waals surface area contributed by atoms with E-state index in [2.05, 4.69) is 11.9 Å². The number of amidine groups is 1. The molecule has 0 saturated carbocycles. The number of amides is 2. The van der Waals surface area contributed by atoms with E-state index in [9.17, 15) is 4.79 Å². The SMILES string of the molecule is C=CC1CN(C(C)C)C(=O)NC1=N. The molecule has 1 unspecified atom stereocenters. The molecule has 0 aliphatic carbocycles. The number of carbonyl (C=O) groups is 1. The molecule has 0 radical (unpaired) electrons. The van der Waals surface area contributed by atoms with Crippen molar-refractivity contribution in [3.05, 3.63) is 12.7 Å². The van der Waals surface area contributed by atoms with Gasteiger partial charge in [-0.2, -0.15) is 0 Å². The number of nitrogens with zero attached hydrogens (tertiary/aromatic N) is 1. The first-order valence-corrected chi connectivity index (χ1v) is 4.35. The van der Waals surface area contributed by atoms with Crippen LogP contribution in [0.4, 0.5) is 4.79 Å². The van der Waals surface area contributed by atoms with Gasteiger partial charge in [0, 0.05) is 12.6 Å². The van der Waals surface area contributed by atoms with Crippen LogP contribution in [0, 0.1) is 11.3 Å². The minimum absolute atomic E-state index is 0.0555. The van der Waals surface area contributed by atoms with Gasteiger partial charge in [-0.05, 0) is 13.8 Å². The Morgan fingerprint density at radius 3 is 2.85 bits per heavy atom. The second-order valence-corrected chi connectivity index (χ2v) is 3.43. The topological polar surface area (TPSA) is 56.2 Å². The summed E-state index contributed by atoms with van der Waals surface area (Å²) in [6.07, 6.45) is 1.69. The molecule has 13 heavy (non-hydrogen) atoms. The van der Waals surface area contributed by atoms with Crippen molar-refractivity contribution in [3.63, 3.8) is 0 Å². The Hall–Kier alpha value is -1.32. The summed E-state index contributed by atoms with van der Waals surface area (Å²) < 4.78 is 0. The predicted octanol–water partition coefficient (Wildman–Crippen LogP) is 1.20. The number of rotatable bonds is 2. The largest absolute Gasteiger partial charge is 0.323 e. The summed E-state index contributed by atoms with van der Waals surface area (Å²) in [5, 5.41) is 9.99. The molecule has 0 bridgehead atoms. The number of carbonyl (C=O) groups excluding carboxylic acids is 1. The third-order valence-corrected chi connectivity index (χ3v) is 2.17. The quantitative estimate of drug-likeness (QED) is 0.618. The average molecular weight is 181 g/mol. The second-order valence-electron chi connectivity index (χ2n) is 3.43. The minimum Gasteiger partial charge on any atom is -0.321 e. The molecule has 0 aromatic carbocycles. The fourth-order valence-electron chi connectivity index (χ4n) is 1.30. The van der Waals surface area contributed by atoms with Gasteiger partial charge < -0.3 is 4.90 Å². The van der Waals surface area contributed by atoms with Gasteiger partial charge in [-0.15, -0.1) is 6.58 Å². The molecule has 4 heteroatoms. The Balaban J connectivity index is 2.74. The highest BCUT2D eigenvalue weighted by Gasteiger charge is 2.28. The van der Waals surface area contributed by atoms with E-state index in [1.54, 1.807) is 11.0 Å². The van der Waals surface area contributed by atoms with Crippen LogP contribution in [0.1, 0.15) is 13.8 Å². The van der Waals surface area contributed by atoms with Crippen molar-refractivity contribution in [1.29, 1.82) is 5.41 Å². The van der Waals surface area contributed by atoms with Crippen LogP contribution in [-0.2, 0) is 0 Å². The first kappa shape index (κ1) is 9.77. The maximum absolute atomic E-state index is 11.3. The molecule has 1 aliphatic rings. The van der Waals surface area contributed by atoms with Crippen molar-refractivity contribution in [3.8, 4) is 0 Å². The summed E-state index contributed by atoms with van der Waals surface area (Å²) in [7, 11) is 0. The van der Waals surface area contributed by atoms with E-state index in [1.807, 2.05) is 13.8 Å². The van der Waals surface area contributed by atoms with Crippen LogP contribution in [0.2, 0.25) is 0 Å². The summed E-state index contributed by atoms with van der Waals surface area (Å²) in [6, 6.07) is -0.0198. The summed E-state index contributed by atoms with van der Waals surface area (Å²) in [5.74, 6) is 0.192. The number of hydrogen-bond donors (Lipinski definition) is 2. The molecular formula is C9H15N3O. The third kappa shape index (κ3) is 1.88. The number of nitrogens with one attached hydrogen (secondary N) is 2. The van der Waals surface area contributed by atoms with E-state index >= 15 is 0 Å². The summed E-state index contributed by atoms with van der Waals surface area (Å²) >= 11 is 0. The van der Waals surface area contributed by atoms with Crippen LogP contribution in [0.5, 0.6) is 0 Å². The minimum atomic E-state index is -0.182. The van der Waals surface area contributed by atoms with E-state index in [0.717, 1.165) is 0 Å². The zero-order valence-electron chi connectivity index (χ0n) is 8.00. The molecule has 1 atom stereocenters. The molecule has 1 saturated heterocycles. The van der Waals surface area contributed by atoms with Gasteiger partial charge in [0.15, 0.2) is 0 Å². The zero-order chi connectivity index (χ0) is 10.0. The molecule has 0 spiro atoms. The molecule has 1 rings (SSSR count). The number of urea groups is 1. The molecule has 4 nitrogen and oxygen atoms in total. The maximum atomic E-state index is 11.3. The normalized spacial score (nSPS) is 23.3. The molecule has 0 aromatic rings. The molecule has 2 amide bonds. The highest BCUT2D eigenvalue weighted by molar-refractivity contribution is 6.00. The Bertz CT molecular complexity index is 247. The second kappa shape index (κ2) is 3.60. The first-order chi connectivity index (χ1) is 6.06. The fourth-order valence-corrected chi connectivity index (χ4v) is 1.30. The molecule has 1 fully saturated rings. The van der Waals surface area contributed by atoms with Crippen LogP contribution in [-0.4, -0.2) is 29.4 Å². The predicted molar refractivity (Wildman–Crippen MR) is 51.8 cm³/mol. The highest BCUT2D eigenvalue weighted by atomic mass is 16.2. The molecule has 2 N–H and O–H groups in total. The van der Waals surface area contributed by atoms with Crippen molar-refractivity contribution in [2.75, 3.05) is 6.54 Å². The van der Waals surface area contributed by atoms with E-state index in [4.69, 9.17) is 5.41 Å². The van der Waals surface area contributed by atoms with Gasteiger partial charge in [0.05, 0.1) is 5.92 Å². The van der Waals surface area contributed by atoms with E-state index in [1.165, 1.54) is 0 Å². The Kier molecular flexibility index (Phi) is 2.70. The zero-order valence-corrected chi connectivity index (χ0v) is 8.00. The lowest BCUT2D eigenvalue weighted by Crippen LogP contribution is -2.55. The van der Waals surface area contributed by atoms with Crippen LogP contribution in [0.3, 0.4) is 0 Å². The van der Waals surface area contributed by atoms with Gasteiger partial charge in [-0.25, -0.2) is 4.79 Å². The van der Waals surface area contributed by atoms with Crippen LogP contribution in [0.15, 0.2) is 12.7 Å². The molecular weight excluding hydrogens is 166 g/mol. The van der Waals surface area contributed by atoms with Crippen molar-refractivity contribution >= 4 is 11.9 Å². The number of hydrogen-bond acceptors (Lipinski definition) is 2. The lowest BCUT2D eigenvalue weighted by atomic mass is 10.1. The highest BCUT2D eigenvalue weighted by Crippen LogP contribution is 2.11. The van der Waals surface area contributed by atoms with Crippen LogP contribution >= 0.6 is 0 Å². The molecule has 1 heterocycles. The van der Waals surface area contributed by atoms with Crippen molar-refractivity contribution in [1.82, 2.24) is 10.2 Å². The Labute approximate surface area is 78.1 Å². The molecule has 72 valence electrons. The average Bonchev–Trinajstić information content (AvgIpc) is 2.03. The fraction of sp³-hybridized carbons (Fsp3) is 0.556. The van der Waals surface area contributed by atoms with Gasteiger partial charge in [-0.1, -0.05) is 6.08 Å². The van der Waals surface area contributed by atoms with Gasteiger partial charge in [0.2, 0.25) is 0 Å². The van der Waals surface area contributed by atoms with Crippen molar-refractivity contribution < 1.29 is 4.79 Å². The molecule has 0 aromatic heterocycles. The van der Waals surface area contributed by atoms with E-state index in [-0.39, 0.29) is 23.8 Å². The van der Waals surface area contributed by atoms with Gasteiger partial charge in [-0.3, -0.25) is 10.7 Å². The molecule has 1 aliphatic heterocycles. The third-order valence-electron chi connectivity index (χ3n) is 2.17. The Morgan fingerprint density at radius 2 is 2.38 bits per heavy atom. The van der Waals surface area contributed by atoms with Crippen molar-refractivity contribution in [2.45, 2.75) is 19.9 Å². The van der Waals surface area contributed by atoms with Crippen LogP contribution < -0.4 is 5.32 Å². The van der Waals surface area contributed by atoms with Crippen LogP contribution in [0.25, 0.3) is 0 Å². The summed E-state index contributed by atoms with van der Waals surface area (Å²) in [6.45, 7) is 8.10. The standard InChI is InChI=1S/C9H15N3O/c1-4-7-5-12(6(2)3)9(13)11-8(7)10/h4,6-7H,1,5H2,2-3H3,(H2,10,11,13). The lowest BCUT2D eigenvalue weighted by molar-refractivity contribution is 0.178. The van der Waals surface area contributed by atoms with E-state index in [0.29, 0.717) is 6.54 Å².